The minimum Gasteiger partial charge on any atom is -0.469 e. The van der Waals surface area contributed by atoms with Gasteiger partial charge in [0.15, 0.2) is 5.65 Å². The number of nitrogens with one attached hydrogen (secondary N) is 1. The number of rotatable bonds is 4. The molecule has 0 bridgehead atoms. The van der Waals surface area contributed by atoms with E-state index in [0.717, 1.165) is 17.1 Å². The van der Waals surface area contributed by atoms with Gasteiger partial charge in [0.25, 0.3) is 0 Å². The summed E-state index contributed by atoms with van der Waals surface area (Å²) in [5, 5.41) is 0. The van der Waals surface area contributed by atoms with Crippen molar-refractivity contribution < 1.29 is 4.42 Å². The zero-order valence-corrected chi connectivity index (χ0v) is 10.9. The second kappa shape index (κ2) is 4.81. The molecule has 0 saturated heterocycles. The molecule has 3 aromatic heterocycles. The molecular weight excluding hydrogens is 260 g/mol. The highest BCUT2D eigenvalue weighted by Crippen LogP contribution is 2.21. The molecule has 1 unspecified atom stereocenters. The maximum Gasteiger partial charge on any atom is 0.177 e. The van der Waals surface area contributed by atoms with Crippen LogP contribution < -0.4 is 5.73 Å². The van der Waals surface area contributed by atoms with E-state index in [0.29, 0.717) is 17.1 Å². The van der Waals surface area contributed by atoms with E-state index in [-0.39, 0.29) is 5.92 Å². The highest BCUT2D eigenvalue weighted by atomic mass is 32.1. The maximum atomic E-state index is 5.82. The van der Waals surface area contributed by atoms with Crippen LogP contribution in [0.2, 0.25) is 0 Å². The molecule has 0 amide bonds. The topological polar surface area (TPSA) is 80.7 Å². The molecule has 0 aromatic carbocycles. The number of hydrogen-bond donors (Lipinski definition) is 2. The van der Waals surface area contributed by atoms with Crippen LogP contribution in [-0.2, 0) is 6.42 Å². The van der Waals surface area contributed by atoms with Gasteiger partial charge in [0, 0.05) is 12.6 Å². The molecular formula is C13H12N4OS. The predicted octanol–water partition coefficient (Wildman–Crippen LogP) is 2.16. The van der Waals surface area contributed by atoms with Crippen molar-refractivity contribution in [2.24, 2.45) is 5.73 Å². The summed E-state index contributed by atoms with van der Waals surface area (Å²) in [7, 11) is 0. The number of aromatic amines is 1. The molecule has 0 spiro atoms. The van der Waals surface area contributed by atoms with Gasteiger partial charge in [0.1, 0.15) is 11.6 Å². The lowest BCUT2D eigenvalue weighted by atomic mass is 10.0. The Morgan fingerprint density at radius 3 is 3.00 bits per heavy atom. The summed E-state index contributed by atoms with van der Waals surface area (Å²) in [5.74, 6) is 1.36. The second-order valence-corrected chi connectivity index (χ2v) is 4.71. The molecule has 6 heteroatoms. The fourth-order valence-corrected chi connectivity index (χ4v) is 2.19. The molecule has 0 radical (unpaired) electrons. The van der Waals surface area contributed by atoms with Crippen LogP contribution in [0.15, 0.2) is 41.1 Å². The molecule has 0 aliphatic carbocycles. The lowest BCUT2D eigenvalue weighted by molar-refractivity contribution is 0.501. The van der Waals surface area contributed by atoms with Gasteiger partial charge in [-0.25, -0.2) is 9.97 Å². The van der Waals surface area contributed by atoms with Gasteiger partial charge in [-0.1, -0.05) is 12.2 Å². The van der Waals surface area contributed by atoms with Crippen LogP contribution in [0.1, 0.15) is 17.5 Å². The number of H-pyrrole nitrogens is 1. The van der Waals surface area contributed by atoms with Crippen molar-refractivity contribution in [1.29, 1.82) is 0 Å². The average molecular weight is 272 g/mol. The fraction of sp³-hybridized carbons (Fsp3) is 0.154. The third-order valence-corrected chi connectivity index (χ3v) is 3.22. The summed E-state index contributed by atoms with van der Waals surface area (Å²) >= 11 is 5.13. The Morgan fingerprint density at radius 2 is 2.32 bits per heavy atom. The van der Waals surface area contributed by atoms with Gasteiger partial charge in [0.2, 0.25) is 0 Å². The highest BCUT2D eigenvalue weighted by molar-refractivity contribution is 7.80. The average Bonchev–Trinajstić information content (AvgIpc) is 3.04. The fourth-order valence-electron chi connectivity index (χ4n) is 1.99. The number of pyridine rings is 1. The third-order valence-electron chi connectivity index (χ3n) is 2.93. The van der Waals surface area contributed by atoms with Gasteiger partial charge in [-0.2, -0.15) is 0 Å². The van der Waals surface area contributed by atoms with Gasteiger partial charge in [-0.3, -0.25) is 0 Å². The summed E-state index contributed by atoms with van der Waals surface area (Å²) in [6.07, 6.45) is 3.92. The minimum absolute atomic E-state index is 0.185. The first-order valence-electron chi connectivity index (χ1n) is 5.86. The molecule has 3 aromatic rings. The molecule has 19 heavy (non-hydrogen) atoms. The van der Waals surface area contributed by atoms with Crippen LogP contribution in [0, 0.1) is 0 Å². The molecule has 3 heterocycles. The van der Waals surface area contributed by atoms with Crippen LogP contribution in [-0.4, -0.2) is 19.9 Å². The zero-order valence-electron chi connectivity index (χ0n) is 10.0. The number of furan rings is 1. The van der Waals surface area contributed by atoms with Crippen LogP contribution >= 0.6 is 12.2 Å². The number of thiocarbonyl (C=S) groups is 1. The van der Waals surface area contributed by atoms with Gasteiger partial charge in [0.05, 0.1) is 22.7 Å². The van der Waals surface area contributed by atoms with E-state index in [4.69, 9.17) is 22.4 Å². The lowest BCUT2D eigenvalue weighted by Crippen LogP contribution is -2.22. The van der Waals surface area contributed by atoms with E-state index in [2.05, 4.69) is 15.0 Å². The number of nitrogens with two attached hydrogens (primary N) is 1. The Morgan fingerprint density at radius 1 is 1.42 bits per heavy atom. The Labute approximate surface area is 114 Å². The first-order chi connectivity index (χ1) is 9.24. The summed E-state index contributed by atoms with van der Waals surface area (Å²) in [6, 6.07) is 7.51. The number of aromatic nitrogens is 3. The summed E-state index contributed by atoms with van der Waals surface area (Å²) in [5.41, 5.74) is 7.35. The minimum atomic E-state index is -0.185. The van der Waals surface area contributed by atoms with Crippen molar-refractivity contribution >= 4 is 28.4 Å². The quantitative estimate of drug-likeness (QED) is 0.711. The van der Waals surface area contributed by atoms with E-state index < -0.39 is 0 Å². The Bertz CT molecular complexity index is 671. The molecule has 0 aliphatic rings. The molecule has 3 rings (SSSR count). The van der Waals surface area contributed by atoms with E-state index >= 15 is 0 Å². The largest absolute Gasteiger partial charge is 0.469 e. The number of imidazole rings is 1. The molecule has 96 valence electrons. The van der Waals surface area contributed by atoms with Crippen molar-refractivity contribution in [3.63, 3.8) is 0 Å². The third kappa shape index (κ3) is 2.34. The first kappa shape index (κ1) is 11.9. The normalized spacial score (nSPS) is 12.6. The Hall–Kier alpha value is -2.21. The van der Waals surface area contributed by atoms with Crippen molar-refractivity contribution in [1.82, 2.24) is 15.0 Å². The van der Waals surface area contributed by atoms with Crippen LogP contribution in [0.4, 0.5) is 0 Å². The zero-order chi connectivity index (χ0) is 13.2. The molecule has 0 fully saturated rings. The van der Waals surface area contributed by atoms with E-state index in [1.54, 1.807) is 12.5 Å². The van der Waals surface area contributed by atoms with Crippen molar-refractivity contribution in [3.8, 4) is 0 Å². The summed E-state index contributed by atoms with van der Waals surface area (Å²) in [4.78, 5) is 12.2. The summed E-state index contributed by atoms with van der Waals surface area (Å²) in [6.45, 7) is 0. The van der Waals surface area contributed by atoms with E-state index in [9.17, 15) is 0 Å². The first-order valence-corrected chi connectivity index (χ1v) is 6.27. The monoisotopic (exact) mass is 272 g/mol. The van der Waals surface area contributed by atoms with Crippen molar-refractivity contribution in [2.75, 3.05) is 0 Å². The lowest BCUT2D eigenvalue weighted by Gasteiger charge is -2.10. The predicted molar refractivity (Wildman–Crippen MR) is 75.8 cm³/mol. The molecule has 1 atom stereocenters. The maximum absolute atomic E-state index is 5.82. The SMILES string of the molecule is NC(=S)C(Cc1ccco1)c1nc2ncccc2[nH]1. The van der Waals surface area contributed by atoms with Crippen molar-refractivity contribution in [3.05, 3.63) is 48.3 Å². The molecule has 5 nitrogen and oxygen atoms in total. The highest BCUT2D eigenvalue weighted by Gasteiger charge is 2.20. The molecule has 0 aliphatic heterocycles. The van der Waals surface area contributed by atoms with Crippen molar-refractivity contribution in [2.45, 2.75) is 12.3 Å². The van der Waals surface area contributed by atoms with Crippen LogP contribution in [0.3, 0.4) is 0 Å². The van der Waals surface area contributed by atoms with Crippen LogP contribution in [0.25, 0.3) is 11.2 Å². The molecule has 0 saturated carbocycles. The van der Waals surface area contributed by atoms with Gasteiger partial charge >= 0.3 is 0 Å². The van der Waals surface area contributed by atoms with Gasteiger partial charge < -0.3 is 15.1 Å². The van der Waals surface area contributed by atoms with Crippen LogP contribution in [0.5, 0.6) is 0 Å². The smallest absolute Gasteiger partial charge is 0.177 e. The van der Waals surface area contributed by atoms with Gasteiger partial charge in [-0.15, -0.1) is 0 Å². The van der Waals surface area contributed by atoms with Gasteiger partial charge in [-0.05, 0) is 24.3 Å². The molecule has 3 N–H and O–H groups in total. The standard InChI is InChI=1S/C13H12N4OS/c14-11(19)9(7-8-3-2-6-18-8)12-16-10-4-1-5-15-13(10)17-12/h1-6,9H,7H2,(H2,14,19)(H,15,16,17). The number of hydrogen-bond acceptors (Lipinski definition) is 4. The Kier molecular flexibility index (Phi) is 3.00. The summed E-state index contributed by atoms with van der Waals surface area (Å²) < 4.78 is 5.34. The Balaban J connectivity index is 1.97. The van der Waals surface area contributed by atoms with E-state index in [1.165, 1.54) is 0 Å². The number of nitrogens with zero attached hydrogens (tertiary/aromatic N) is 2. The number of fused-ring (bicyclic) bond motifs is 1. The van der Waals surface area contributed by atoms with E-state index in [1.807, 2.05) is 24.3 Å². The second-order valence-electron chi connectivity index (χ2n) is 4.24.